The molecule has 1 atom stereocenters. The molecule has 0 bridgehead atoms. The summed E-state index contributed by atoms with van der Waals surface area (Å²) in [5.41, 5.74) is -0.0568. The fourth-order valence-electron chi connectivity index (χ4n) is 0.736. The highest BCUT2D eigenvalue weighted by Crippen LogP contribution is 2.14. The van der Waals surface area contributed by atoms with E-state index in [0.29, 0.717) is 5.75 Å². The standard InChI is InChI=1S/C6H7NO4S/c8-5(9)3-1-12-2-4(7-3)6(10)11/h1,4,7H,2H2,(H,8,9)(H,10,11)/t4-/m1/s1. The molecule has 3 N–H and O–H groups in total. The average Bonchev–Trinajstić information content (AvgIpc) is 2.04. The number of carboxylic acid groups (broad SMARTS) is 2. The summed E-state index contributed by atoms with van der Waals surface area (Å²) < 4.78 is 0. The quantitative estimate of drug-likeness (QED) is 0.553. The fourth-order valence-corrected chi connectivity index (χ4v) is 1.59. The van der Waals surface area contributed by atoms with Gasteiger partial charge in [-0.2, -0.15) is 0 Å². The Morgan fingerprint density at radius 1 is 1.58 bits per heavy atom. The predicted molar refractivity (Wildman–Crippen MR) is 42.7 cm³/mol. The summed E-state index contributed by atoms with van der Waals surface area (Å²) in [4.78, 5) is 20.8. The molecule has 12 heavy (non-hydrogen) atoms. The molecule has 0 aromatic heterocycles. The molecule has 6 heteroatoms. The topological polar surface area (TPSA) is 86.6 Å². The van der Waals surface area contributed by atoms with Crippen molar-refractivity contribution < 1.29 is 19.8 Å². The lowest BCUT2D eigenvalue weighted by molar-refractivity contribution is -0.138. The van der Waals surface area contributed by atoms with Crippen LogP contribution in [0.4, 0.5) is 0 Å². The van der Waals surface area contributed by atoms with E-state index in [1.807, 2.05) is 0 Å². The third-order valence-corrected chi connectivity index (χ3v) is 2.25. The number of rotatable bonds is 2. The van der Waals surface area contributed by atoms with Gasteiger partial charge in [-0.25, -0.2) is 9.59 Å². The lowest BCUT2D eigenvalue weighted by atomic mass is 10.3. The third-order valence-electron chi connectivity index (χ3n) is 1.32. The Morgan fingerprint density at radius 2 is 2.25 bits per heavy atom. The van der Waals surface area contributed by atoms with Gasteiger partial charge >= 0.3 is 11.9 Å². The maximum absolute atomic E-state index is 10.4. The first-order valence-corrected chi connectivity index (χ1v) is 4.20. The minimum absolute atomic E-state index is 0.0568. The molecule has 0 amide bonds. The number of carbonyl (C=O) groups is 2. The van der Waals surface area contributed by atoms with Gasteiger partial charge in [-0.1, -0.05) is 0 Å². The largest absolute Gasteiger partial charge is 0.480 e. The first-order chi connectivity index (χ1) is 5.61. The zero-order valence-corrected chi connectivity index (χ0v) is 6.80. The van der Waals surface area contributed by atoms with Crippen LogP contribution in [0.5, 0.6) is 0 Å². The normalized spacial score (nSPS) is 22.3. The summed E-state index contributed by atoms with van der Waals surface area (Å²) in [6.07, 6.45) is 0. The lowest BCUT2D eigenvalue weighted by Gasteiger charge is -2.18. The molecule has 0 saturated heterocycles. The average molecular weight is 189 g/mol. The molecule has 0 aliphatic carbocycles. The van der Waals surface area contributed by atoms with Crippen LogP contribution in [-0.4, -0.2) is 33.9 Å². The van der Waals surface area contributed by atoms with Crippen LogP contribution in [0.25, 0.3) is 0 Å². The molecule has 1 aliphatic rings. The summed E-state index contributed by atoms with van der Waals surface area (Å²) in [6, 6.07) is -0.800. The van der Waals surface area contributed by atoms with Gasteiger partial charge in [-0.3, -0.25) is 0 Å². The molecule has 1 heterocycles. The van der Waals surface area contributed by atoms with Crippen molar-refractivity contribution in [2.24, 2.45) is 0 Å². The maximum atomic E-state index is 10.4. The number of nitrogens with one attached hydrogen (secondary N) is 1. The summed E-state index contributed by atoms with van der Waals surface area (Å²) >= 11 is 1.18. The molecule has 1 rings (SSSR count). The van der Waals surface area contributed by atoms with Crippen molar-refractivity contribution in [1.29, 1.82) is 0 Å². The summed E-state index contributed by atoms with van der Waals surface area (Å²) in [6.45, 7) is 0. The van der Waals surface area contributed by atoms with E-state index in [9.17, 15) is 9.59 Å². The van der Waals surface area contributed by atoms with E-state index < -0.39 is 18.0 Å². The van der Waals surface area contributed by atoms with Crippen LogP contribution in [0.15, 0.2) is 11.1 Å². The van der Waals surface area contributed by atoms with Crippen LogP contribution in [0.3, 0.4) is 0 Å². The van der Waals surface area contributed by atoms with Crippen LogP contribution in [-0.2, 0) is 9.59 Å². The van der Waals surface area contributed by atoms with Gasteiger partial charge in [0.05, 0.1) is 0 Å². The highest BCUT2D eigenvalue weighted by atomic mass is 32.2. The number of aliphatic carboxylic acids is 2. The van der Waals surface area contributed by atoms with E-state index in [0.717, 1.165) is 0 Å². The van der Waals surface area contributed by atoms with Gasteiger partial charge in [0.2, 0.25) is 0 Å². The Bertz CT molecular complexity index is 250. The Hall–Kier alpha value is -1.17. The van der Waals surface area contributed by atoms with E-state index >= 15 is 0 Å². The van der Waals surface area contributed by atoms with Crippen molar-refractivity contribution in [1.82, 2.24) is 5.32 Å². The Balaban J connectivity index is 2.65. The van der Waals surface area contributed by atoms with Gasteiger partial charge in [0, 0.05) is 11.2 Å². The fraction of sp³-hybridized carbons (Fsp3) is 0.333. The molecule has 1 aliphatic heterocycles. The molecular formula is C6H7NO4S. The number of carboxylic acids is 2. The molecule has 0 radical (unpaired) electrons. The van der Waals surface area contributed by atoms with Crippen molar-refractivity contribution in [2.45, 2.75) is 6.04 Å². The summed E-state index contributed by atoms with van der Waals surface area (Å²) in [5.74, 6) is -1.81. The molecule has 0 unspecified atom stereocenters. The molecule has 0 aromatic carbocycles. The monoisotopic (exact) mass is 189 g/mol. The number of hydrogen-bond donors (Lipinski definition) is 3. The number of hydrogen-bond acceptors (Lipinski definition) is 4. The van der Waals surface area contributed by atoms with Crippen molar-refractivity contribution in [2.75, 3.05) is 5.75 Å². The highest BCUT2D eigenvalue weighted by Gasteiger charge is 2.23. The zero-order chi connectivity index (χ0) is 9.14. The molecule has 5 nitrogen and oxygen atoms in total. The Kier molecular flexibility index (Phi) is 2.59. The third kappa shape index (κ3) is 1.91. The second-order valence-corrected chi connectivity index (χ2v) is 3.11. The minimum atomic E-state index is -1.13. The zero-order valence-electron chi connectivity index (χ0n) is 5.98. The van der Waals surface area contributed by atoms with Crippen LogP contribution < -0.4 is 5.32 Å². The van der Waals surface area contributed by atoms with Crippen molar-refractivity contribution in [3.8, 4) is 0 Å². The van der Waals surface area contributed by atoms with Gasteiger partial charge < -0.3 is 15.5 Å². The van der Waals surface area contributed by atoms with Crippen LogP contribution in [0, 0.1) is 0 Å². The van der Waals surface area contributed by atoms with Crippen LogP contribution in [0.2, 0.25) is 0 Å². The van der Waals surface area contributed by atoms with E-state index in [-0.39, 0.29) is 5.70 Å². The molecule has 66 valence electrons. The van der Waals surface area contributed by atoms with Crippen LogP contribution >= 0.6 is 11.8 Å². The Labute approximate surface area is 72.5 Å². The SMILES string of the molecule is O=C(O)C1=CSC[C@H](C(=O)O)N1. The first-order valence-electron chi connectivity index (χ1n) is 3.15. The van der Waals surface area contributed by atoms with Gasteiger partial charge in [0.1, 0.15) is 11.7 Å². The smallest absolute Gasteiger partial charge is 0.352 e. The van der Waals surface area contributed by atoms with Gasteiger partial charge in [0.25, 0.3) is 0 Å². The second-order valence-electron chi connectivity index (χ2n) is 2.21. The first kappa shape index (κ1) is 8.92. The maximum Gasteiger partial charge on any atom is 0.352 e. The highest BCUT2D eigenvalue weighted by molar-refractivity contribution is 8.02. The molecule has 0 aromatic rings. The molecule has 0 saturated carbocycles. The second kappa shape index (κ2) is 3.48. The van der Waals surface area contributed by atoms with E-state index in [1.54, 1.807) is 0 Å². The van der Waals surface area contributed by atoms with Crippen molar-refractivity contribution in [3.05, 3.63) is 11.1 Å². The van der Waals surface area contributed by atoms with E-state index in [2.05, 4.69) is 5.32 Å². The molecule has 0 spiro atoms. The van der Waals surface area contributed by atoms with Crippen LogP contribution in [0.1, 0.15) is 0 Å². The van der Waals surface area contributed by atoms with E-state index in [1.165, 1.54) is 17.2 Å². The van der Waals surface area contributed by atoms with E-state index in [4.69, 9.17) is 10.2 Å². The summed E-state index contributed by atoms with van der Waals surface area (Å²) in [5, 5.41) is 20.8. The molecule has 0 fully saturated rings. The van der Waals surface area contributed by atoms with Gasteiger partial charge in [-0.05, 0) is 0 Å². The summed E-state index contributed by atoms with van der Waals surface area (Å²) in [7, 11) is 0. The predicted octanol–water partition coefficient (Wildman–Crippen LogP) is -0.298. The van der Waals surface area contributed by atoms with Crippen molar-refractivity contribution >= 4 is 23.7 Å². The van der Waals surface area contributed by atoms with Gasteiger partial charge in [-0.15, -0.1) is 11.8 Å². The lowest BCUT2D eigenvalue weighted by Crippen LogP contribution is -2.41. The number of thioether (sulfide) groups is 1. The Morgan fingerprint density at radius 3 is 2.75 bits per heavy atom. The minimum Gasteiger partial charge on any atom is -0.480 e. The van der Waals surface area contributed by atoms with Gasteiger partial charge in [0.15, 0.2) is 0 Å². The molecular weight excluding hydrogens is 182 g/mol. The van der Waals surface area contributed by atoms with Crippen molar-refractivity contribution in [3.63, 3.8) is 0 Å².